The predicted octanol–water partition coefficient (Wildman–Crippen LogP) is 7.50. The number of allylic oxidation sites excluding steroid dienone is 1. The van der Waals surface area contributed by atoms with E-state index in [0.29, 0.717) is 0 Å². The van der Waals surface area contributed by atoms with Crippen LogP contribution < -0.4 is 0 Å². The fraction of sp³-hybridized carbons (Fsp3) is 0.846. The number of unbranched alkanes of at least 4 members (excludes halogenated alkanes) is 18. The molecule has 0 aliphatic rings. The van der Waals surface area contributed by atoms with Crippen LogP contribution in [0.25, 0.3) is 0 Å². The zero-order chi connectivity index (χ0) is 22.3. The standard InChI is InChI=1S/C26H48O4.Li.H/c1-2-3-4-5-6-7-8-9-10-11-12-13-14-15-16-17-18-19-20-21-22-24(26(29)30)23-25(27)28;;/h21-22,24H,2-20,23H2,1H3,(H,27,28)(H,29,30);;. The van der Waals surface area contributed by atoms with Crippen molar-refractivity contribution in [2.45, 2.75) is 135 Å². The number of carboxylic acid groups (broad SMARTS) is 2. The van der Waals surface area contributed by atoms with E-state index in [1.54, 1.807) is 0 Å². The third-order valence-electron chi connectivity index (χ3n) is 5.80. The number of aliphatic carboxylic acids is 2. The van der Waals surface area contributed by atoms with Crippen molar-refractivity contribution in [3.63, 3.8) is 0 Å². The van der Waals surface area contributed by atoms with E-state index in [1.807, 2.05) is 6.08 Å². The molecule has 0 aromatic heterocycles. The van der Waals surface area contributed by atoms with Crippen molar-refractivity contribution < 1.29 is 19.8 Å². The summed E-state index contributed by atoms with van der Waals surface area (Å²) in [5.41, 5.74) is 0. The molecule has 178 valence electrons. The van der Waals surface area contributed by atoms with Crippen LogP contribution in [0.15, 0.2) is 12.2 Å². The Hall–Kier alpha value is -0.723. The third-order valence-corrected chi connectivity index (χ3v) is 5.80. The summed E-state index contributed by atoms with van der Waals surface area (Å²) in [6, 6.07) is 0. The number of carbonyl (C=O) groups is 2. The Morgan fingerprint density at radius 3 is 1.32 bits per heavy atom. The Bertz CT molecular complexity index is 437. The molecule has 0 radical (unpaired) electrons. The van der Waals surface area contributed by atoms with Gasteiger partial charge in [-0.2, -0.15) is 0 Å². The average Bonchev–Trinajstić information content (AvgIpc) is 2.71. The topological polar surface area (TPSA) is 74.6 Å². The van der Waals surface area contributed by atoms with E-state index in [-0.39, 0.29) is 25.3 Å². The first-order valence-electron chi connectivity index (χ1n) is 12.7. The fourth-order valence-corrected chi connectivity index (χ4v) is 3.85. The fourth-order valence-electron chi connectivity index (χ4n) is 3.85. The molecule has 1 atom stereocenters. The third kappa shape index (κ3) is 25.4. The number of rotatable bonds is 23. The van der Waals surface area contributed by atoms with Crippen molar-refractivity contribution in [3.8, 4) is 0 Å². The van der Waals surface area contributed by atoms with Crippen LogP contribution in [0.1, 0.15) is 135 Å². The van der Waals surface area contributed by atoms with Gasteiger partial charge in [-0.3, -0.25) is 9.59 Å². The van der Waals surface area contributed by atoms with E-state index in [9.17, 15) is 9.59 Å². The quantitative estimate of drug-likeness (QED) is 0.0995. The molecule has 0 amide bonds. The molecule has 31 heavy (non-hydrogen) atoms. The number of carboxylic acids is 2. The van der Waals surface area contributed by atoms with E-state index >= 15 is 0 Å². The maximum atomic E-state index is 11.0. The summed E-state index contributed by atoms with van der Waals surface area (Å²) >= 11 is 0. The molecule has 2 N–H and O–H groups in total. The van der Waals surface area contributed by atoms with Gasteiger partial charge in [-0.25, -0.2) is 0 Å². The van der Waals surface area contributed by atoms with Gasteiger partial charge in [-0.05, 0) is 12.8 Å². The Morgan fingerprint density at radius 2 is 1.00 bits per heavy atom. The van der Waals surface area contributed by atoms with Crippen molar-refractivity contribution in [1.82, 2.24) is 0 Å². The molecule has 0 saturated heterocycles. The van der Waals surface area contributed by atoms with Gasteiger partial charge in [0, 0.05) is 0 Å². The second-order valence-corrected chi connectivity index (χ2v) is 8.77. The van der Waals surface area contributed by atoms with E-state index in [0.717, 1.165) is 12.8 Å². The van der Waals surface area contributed by atoms with Gasteiger partial charge in [-0.15, -0.1) is 0 Å². The summed E-state index contributed by atoms with van der Waals surface area (Å²) in [5, 5.41) is 17.7. The van der Waals surface area contributed by atoms with E-state index in [4.69, 9.17) is 10.2 Å². The van der Waals surface area contributed by atoms with Crippen LogP contribution in [0.2, 0.25) is 0 Å². The molecule has 0 spiro atoms. The van der Waals surface area contributed by atoms with Gasteiger partial charge in [0.05, 0.1) is 12.3 Å². The average molecular weight is 433 g/mol. The summed E-state index contributed by atoms with van der Waals surface area (Å²) in [4.78, 5) is 21.6. The molecular formula is C26H49LiO4. The molecule has 0 aliphatic carbocycles. The Balaban J connectivity index is 0. The van der Waals surface area contributed by atoms with Gasteiger partial charge < -0.3 is 10.2 Å². The molecule has 5 heteroatoms. The van der Waals surface area contributed by atoms with Gasteiger partial charge >= 0.3 is 30.8 Å². The first-order valence-corrected chi connectivity index (χ1v) is 12.7. The maximum absolute atomic E-state index is 11.0. The molecule has 0 aromatic rings. The van der Waals surface area contributed by atoms with Crippen LogP contribution in [0.3, 0.4) is 0 Å². The van der Waals surface area contributed by atoms with Gasteiger partial charge in [0.15, 0.2) is 0 Å². The molecular weight excluding hydrogens is 383 g/mol. The first kappa shape index (κ1) is 32.5. The molecule has 0 rings (SSSR count). The van der Waals surface area contributed by atoms with Crippen molar-refractivity contribution in [1.29, 1.82) is 0 Å². The molecule has 0 aliphatic heterocycles. The van der Waals surface area contributed by atoms with Crippen molar-refractivity contribution in [2.75, 3.05) is 0 Å². The summed E-state index contributed by atoms with van der Waals surface area (Å²) in [6.07, 6.45) is 28.2. The Kier molecular flexibility index (Phi) is 26.7. The van der Waals surface area contributed by atoms with Crippen molar-refractivity contribution in [3.05, 3.63) is 12.2 Å². The van der Waals surface area contributed by atoms with E-state index in [1.165, 1.54) is 115 Å². The SMILES string of the molecule is CCCCCCCCCCCCCCCCCCCCC=CC(CC(=O)O)C(=O)O.[LiH]. The van der Waals surface area contributed by atoms with Crippen LogP contribution in [-0.4, -0.2) is 41.0 Å². The van der Waals surface area contributed by atoms with Crippen LogP contribution in [0.5, 0.6) is 0 Å². The monoisotopic (exact) mass is 432 g/mol. The predicted molar refractivity (Wildman–Crippen MR) is 133 cm³/mol. The van der Waals surface area contributed by atoms with Gasteiger partial charge in [0.1, 0.15) is 0 Å². The van der Waals surface area contributed by atoms with Gasteiger partial charge in [0.25, 0.3) is 0 Å². The van der Waals surface area contributed by atoms with Crippen LogP contribution in [-0.2, 0) is 9.59 Å². The minimum atomic E-state index is -1.07. The summed E-state index contributed by atoms with van der Waals surface area (Å²) < 4.78 is 0. The molecule has 0 heterocycles. The molecule has 0 bridgehead atoms. The zero-order valence-corrected chi connectivity index (χ0v) is 19.6. The summed E-state index contributed by atoms with van der Waals surface area (Å²) in [7, 11) is 0. The van der Waals surface area contributed by atoms with Gasteiger partial charge in [0.2, 0.25) is 0 Å². The summed E-state index contributed by atoms with van der Waals surface area (Å²) in [6.45, 7) is 2.27. The summed E-state index contributed by atoms with van der Waals surface area (Å²) in [5.74, 6) is -3.04. The number of hydrogen-bond donors (Lipinski definition) is 2. The van der Waals surface area contributed by atoms with Crippen LogP contribution in [0.4, 0.5) is 0 Å². The van der Waals surface area contributed by atoms with Gasteiger partial charge in [-0.1, -0.05) is 128 Å². The van der Waals surface area contributed by atoms with Crippen molar-refractivity contribution >= 4 is 30.8 Å². The molecule has 4 nitrogen and oxygen atoms in total. The first-order chi connectivity index (χ1) is 14.6. The van der Waals surface area contributed by atoms with E-state index < -0.39 is 17.9 Å². The Labute approximate surface area is 203 Å². The van der Waals surface area contributed by atoms with Crippen molar-refractivity contribution in [2.24, 2.45) is 5.92 Å². The van der Waals surface area contributed by atoms with E-state index in [2.05, 4.69) is 6.92 Å². The zero-order valence-electron chi connectivity index (χ0n) is 19.6. The van der Waals surface area contributed by atoms with Crippen LogP contribution >= 0.6 is 0 Å². The van der Waals surface area contributed by atoms with Crippen LogP contribution in [0, 0.1) is 5.92 Å². The molecule has 0 aromatic carbocycles. The molecule has 0 fully saturated rings. The number of hydrogen-bond acceptors (Lipinski definition) is 2. The second-order valence-electron chi connectivity index (χ2n) is 8.77. The minimum absolute atomic E-state index is 0. The molecule has 1 unspecified atom stereocenters. The Morgan fingerprint density at radius 1 is 0.645 bits per heavy atom. The molecule has 0 saturated carbocycles. The second kappa shape index (κ2) is 25.5. The normalized spacial score (nSPS) is 12.0.